The van der Waals surface area contributed by atoms with E-state index in [9.17, 15) is 0 Å². The van der Waals surface area contributed by atoms with Crippen LogP contribution >= 0.6 is 0 Å². The fraction of sp³-hybridized carbons (Fsp3) is 1.00. The molecule has 1 N–H and O–H groups in total. The molecule has 0 aromatic rings. The largest absolute Gasteiger partial charge is 0.314 e. The van der Waals surface area contributed by atoms with Crippen molar-refractivity contribution >= 4 is 0 Å². The molecule has 0 amide bonds. The topological polar surface area (TPSA) is 21.9 Å². The molecule has 2 aliphatic rings. The van der Waals surface area contributed by atoms with Gasteiger partial charge in [0.2, 0.25) is 0 Å². The second-order valence-electron chi connectivity index (χ2n) is 3.22. The molecule has 1 saturated heterocycles. The van der Waals surface area contributed by atoms with E-state index >= 15 is 0 Å². The van der Waals surface area contributed by atoms with Gasteiger partial charge in [-0.05, 0) is 0 Å². The first-order chi connectivity index (χ1) is 5.00. The van der Waals surface area contributed by atoms with Crippen LogP contribution in [0.1, 0.15) is 44.9 Å². The highest BCUT2D eigenvalue weighted by atomic mass is 15.0. The van der Waals surface area contributed by atoms with Crippen molar-refractivity contribution in [3.8, 4) is 0 Å². The minimum Gasteiger partial charge on any atom is -0.314 e. The Morgan fingerprint density at radius 2 is 0.700 bits per heavy atom. The maximum atomic E-state index is 3.00. The van der Waals surface area contributed by atoms with E-state index < -0.39 is 0 Å². The van der Waals surface area contributed by atoms with Gasteiger partial charge in [0.25, 0.3) is 0 Å². The summed E-state index contributed by atoms with van der Waals surface area (Å²) in [4.78, 5) is 0. The maximum Gasteiger partial charge on any atom is 0.00772 e. The predicted molar refractivity (Wildman–Crippen MR) is 45.2 cm³/mol. The average molecular weight is 141 g/mol. The summed E-state index contributed by atoms with van der Waals surface area (Å²) in [5.41, 5.74) is 0. The van der Waals surface area contributed by atoms with Crippen LogP contribution in [0.3, 0.4) is 0 Å². The molecule has 1 aliphatic carbocycles. The summed E-state index contributed by atoms with van der Waals surface area (Å²) in [6, 6.07) is 0. The SMILES string of the molecule is C1CCCCCC1.C1CN1. The Bertz CT molecular complexity index is 46.7. The van der Waals surface area contributed by atoms with E-state index in [1.54, 1.807) is 0 Å². The van der Waals surface area contributed by atoms with Gasteiger partial charge >= 0.3 is 0 Å². The lowest BCUT2D eigenvalue weighted by molar-refractivity contribution is 0.702. The zero-order chi connectivity index (χ0) is 7.07. The van der Waals surface area contributed by atoms with Crippen molar-refractivity contribution in [1.82, 2.24) is 5.32 Å². The van der Waals surface area contributed by atoms with Gasteiger partial charge in [-0.2, -0.15) is 0 Å². The maximum absolute atomic E-state index is 3.00. The number of rotatable bonds is 0. The van der Waals surface area contributed by atoms with Crippen LogP contribution in [0.5, 0.6) is 0 Å². The first kappa shape index (κ1) is 8.06. The van der Waals surface area contributed by atoms with Crippen molar-refractivity contribution in [2.45, 2.75) is 44.9 Å². The number of hydrogen-bond donors (Lipinski definition) is 1. The molecule has 1 heterocycles. The molecule has 1 heteroatoms. The Hall–Kier alpha value is -0.0400. The fourth-order valence-corrected chi connectivity index (χ4v) is 1.24. The molecule has 2 rings (SSSR count). The fourth-order valence-electron chi connectivity index (χ4n) is 1.24. The summed E-state index contributed by atoms with van der Waals surface area (Å²) < 4.78 is 0. The summed E-state index contributed by atoms with van der Waals surface area (Å²) in [5, 5.41) is 3.00. The van der Waals surface area contributed by atoms with Crippen molar-refractivity contribution in [1.29, 1.82) is 0 Å². The Balaban J connectivity index is 0.000000138. The van der Waals surface area contributed by atoms with Crippen LogP contribution in [0.15, 0.2) is 0 Å². The molecule has 1 nitrogen and oxygen atoms in total. The number of nitrogens with one attached hydrogen (secondary N) is 1. The molecule has 1 aliphatic heterocycles. The van der Waals surface area contributed by atoms with Gasteiger partial charge in [0.05, 0.1) is 0 Å². The highest BCUT2D eigenvalue weighted by Crippen LogP contribution is 2.15. The van der Waals surface area contributed by atoms with Gasteiger partial charge in [0, 0.05) is 13.1 Å². The molecule has 60 valence electrons. The van der Waals surface area contributed by atoms with Crippen molar-refractivity contribution in [2.24, 2.45) is 0 Å². The molecule has 0 atom stereocenters. The quantitative estimate of drug-likeness (QED) is 0.406. The standard InChI is InChI=1S/C7H14.C2H5N/c1-2-4-6-7-5-3-1;1-2-3-1/h1-7H2;3H,1-2H2. The lowest BCUT2D eigenvalue weighted by Gasteiger charge is -1.85. The molecule has 0 aromatic carbocycles. The van der Waals surface area contributed by atoms with E-state index in [4.69, 9.17) is 0 Å². The second-order valence-corrected chi connectivity index (χ2v) is 3.22. The van der Waals surface area contributed by atoms with Crippen LogP contribution in [0.4, 0.5) is 0 Å². The summed E-state index contributed by atoms with van der Waals surface area (Å²) in [5.74, 6) is 0. The van der Waals surface area contributed by atoms with Crippen LogP contribution in [-0.4, -0.2) is 13.1 Å². The summed E-state index contributed by atoms with van der Waals surface area (Å²) in [6.45, 7) is 2.50. The van der Waals surface area contributed by atoms with E-state index in [2.05, 4.69) is 5.32 Å². The van der Waals surface area contributed by atoms with Gasteiger partial charge in [-0.25, -0.2) is 0 Å². The first-order valence-electron chi connectivity index (χ1n) is 4.71. The zero-order valence-electron chi connectivity index (χ0n) is 6.86. The van der Waals surface area contributed by atoms with E-state index in [0.29, 0.717) is 0 Å². The first-order valence-corrected chi connectivity index (χ1v) is 4.71. The lowest BCUT2D eigenvalue weighted by Crippen LogP contribution is -1.66. The third kappa shape index (κ3) is 6.09. The molecule has 1 saturated carbocycles. The molecular weight excluding hydrogens is 122 g/mol. The third-order valence-electron chi connectivity index (χ3n) is 2.00. The molecule has 0 bridgehead atoms. The number of hydrogen-bond acceptors (Lipinski definition) is 1. The van der Waals surface area contributed by atoms with E-state index in [-0.39, 0.29) is 0 Å². The highest BCUT2D eigenvalue weighted by Gasteiger charge is 1.95. The van der Waals surface area contributed by atoms with E-state index in [1.165, 1.54) is 58.0 Å². The van der Waals surface area contributed by atoms with Crippen LogP contribution in [0, 0.1) is 0 Å². The van der Waals surface area contributed by atoms with Crippen LogP contribution < -0.4 is 5.32 Å². The van der Waals surface area contributed by atoms with Gasteiger partial charge in [-0.1, -0.05) is 44.9 Å². The Morgan fingerprint density at radius 1 is 0.500 bits per heavy atom. The molecule has 10 heavy (non-hydrogen) atoms. The lowest BCUT2D eigenvalue weighted by atomic mass is 10.2. The van der Waals surface area contributed by atoms with Gasteiger partial charge in [-0.15, -0.1) is 0 Å². The van der Waals surface area contributed by atoms with Crippen molar-refractivity contribution in [2.75, 3.05) is 13.1 Å². The molecule has 0 radical (unpaired) electrons. The van der Waals surface area contributed by atoms with Crippen molar-refractivity contribution in [3.05, 3.63) is 0 Å². The smallest absolute Gasteiger partial charge is 0.00772 e. The minimum absolute atomic E-state index is 1.25. The monoisotopic (exact) mass is 141 g/mol. The van der Waals surface area contributed by atoms with Crippen LogP contribution in [0.2, 0.25) is 0 Å². The Labute approximate surface area is 64.2 Å². The van der Waals surface area contributed by atoms with Crippen LogP contribution in [0.25, 0.3) is 0 Å². The van der Waals surface area contributed by atoms with Crippen molar-refractivity contribution in [3.63, 3.8) is 0 Å². The average Bonchev–Trinajstić information content (AvgIpc) is 2.82. The van der Waals surface area contributed by atoms with E-state index in [0.717, 1.165) is 0 Å². The van der Waals surface area contributed by atoms with Gasteiger partial charge in [-0.3, -0.25) is 0 Å². The summed E-state index contributed by atoms with van der Waals surface area (Å²) in [7, 11) is 0. The molecule has 0 aromatic heterocycles. The summed E-state index contributed by atoms with van der Waals surface area (Å²) in [6.07, 6.45) is 10.5. The normalized spacial score (nSPS) is 24.0. The minimum atomic E-state index is 1.25. The van der Waals surface area contributed by atoms with Crippen molar-refractivity contribution < 1.29 is 0 Å². The van der Waals surface area contributed by atoms with Gasteiger partial charge in [0.15, 0.2) is 0 Å². The van der Waals surface area contributed by atoms with Gasteiger partial charge in [0.1, 0.15) is 0 Å². The summed E-state index contributed by atoms with van der Waals surface area (Å²) >= 11 is 0. The van der Waals surface area contributed by atoms with Gasteiger partial charge < -0.3 is 5.32 Å². The Morgan fingerprint density at radius 3 is 0.800 bits per heavy atom. The molecular formula is C9H19N. The molecule has 2 fully saturated rings. The van der Waals surface area contributed by atoms with Crippen LogP contribution in [-0.2, 0) is 0 Å². The molecule has 0 unspecified atom stereocenters. The predicted octanol–water partition coefficient (Wildman–Crippen LogP) is 2.32. The zero-order valence-corrected chi connectivity index (χ0v) is 6.86. The Kier molecular flexibility index (Phi) is 4.61. The van der Waals surface area contributed by atoms with E-state index in [1.807, 2.05) is 0 Å². The second kappa shape index (κ2) is 5.72. The molecule has 0 spiro atoms. The highest BCUT2D eigenvalue weighted by molar-refractivity contribution is 4.58. The third-order valence-corrected chi connectivity index (χ3v) is 2.00.